The Bertz CT molecular complexity index is 178. The molecule has 0 aromatic carbocycles. The molecule has 0 unspecified atom stereocenters. The third kappa shape index (κ3) is 2.95. The van der Waals surface area contributed by atoms with Crippen LogP contribution < -0.4 is 0 Å². The van der Waals surface area contributed by atoms with Crippen molar-refractivity contribution in [1.82, 2.24) is 9.80 Å². The molecule has 1 fully saturated rings. The van der Waals surface area contributed by atoms with Crippen LogP contribution in [-0.2, 0) is 4.79 Å². The van der Waals surface area contributed by atoms with Gasteiger partial charge >= 0.3 is 0 Å². The first-order valence-corrected chi connectivity index (χ1v) is 5.68. The zero-order chi connectivity index (χ0) is 9.84. The average Bonchev–Trinajstić information content (AvgIpc) is 2.17. The fourth-order valence-corrected chi connectivity index (χ4v) is 1.69. The minimum atomic E-state index is 0.0101. The van der Waals surface area contributed by atoms with Crippen LogP contribution in [0.3, 0.4) is 0 Å². The van der Waals surface area contributed by atoms with E-state index < -0.39 is 0 Å². The van der Waals surface area contributed by atoms with Gasteiger partial charge in [0.15, 0.2) is 0 Å². The molecule has 0 aromatic rings. The molecule has 76 valence electrons. The van der Waals surface area contributed by atoms with Gasteiger partial charge in [-0.15, -0.1) is 0 Å². The first-order valence-electron chi connectivity index (χ1n) is 4.76. The van der Waals surface area contributed by atoms with Gasteiger partial charge in [0.1, 0.15) is 0 Å². The van der Waals surface area contributed by atoms with E-state index in [9.17, 15) is 4.79 Å². The molecule has 0 aromatic heterocycles. The molecule has 3 nitrogen and oxygen atoms in total. The van der Waals surface area contributed by atoms with Gasteiger partial charge in [-0.05, 0) is 13.5 Å². The molecule has 0 aliphatic carbocycles. The molecule has 0 N–H and O–H groups in total. The fourth-order valence-electron chi connectivity index (χ4n) is 1.40. The van der Waals surface area contributed by atoms with Crippen LogP contribution in [0.15, 0.2) is 0 Å². The van der Waals surface area contributed by atoms with Gasteiger partial charge < -0.3 is 9.80 Å². The highest BCUT2D eigenvalue weighted by atomic mass is 79.9. The Kier molecular flexibility index (Phi) is 4.19. The predicted molar refractivity (Wildman–Crippen MR) is 57.1 cm³/mol. The smallest absolute Gasteiger partial charge is 0.236 e. The second-order valence-corrected chi connectivity index (χ2v) is 4.61. The highest BCUT2D eigenvalue weighted by molar-refractivity contribution is 9.10. The molecule has 13 heavy (non-hydrogen) atoms. The topological polar surface area (TPSA) is 23.6 Å². The highest BCUT2D eigenvalue weighted by Crippen LogP contribution is 2.10. The highest BCUT2D eigenvalue weighted by Gasteiger charge is 2.23. The Morgan fingerprint density at radius 3 is 2.38 bits per heavy atom. The first-order chi connectivity index (χ1) is 6.15. The molecule has 0 saturated carbocycles. The molecular weight excluding hydrogens is 232 g/mol. The minimum absolute atomic E-state index is 0.0101. The second kappa shape index (κ2) is 4.96. The summed E-state index contributed by atoms with van der Waals surface area (Å²) in [7, 11) is 2.09. The van der Waals surface area contributed by atoms with Gasteiger partial charge in [0.05, 0.1) is 4.83 Å². The van der Waals surface area contributed by atoms with Gasteiger partial charge in [0.25, 0.3) is 0 Å². The van der Waals surface area contributed by atoms with Crippen molar-refractivity contribution in [1.29, 1.82) is 0 Å². The van der Waals surface area contributed by atoms with E-state index in [2.05, 4.69) is 27.9 Å². The summed E-state index contributed by atoms with van der Waals surface area (Å²) in [6, 6.07) is 0. The summed E-state index contributed by atoms with van der Waals surface area (Å²) >= 11 is 3.39. The van der Waals surface area contributed by atoms with Crippen LogP contribution in [0, 0.1) is 0 Å². The lowest BCUT2D eigenvalue weighted by atomic mass is 10.2. The lowest BCUT2D eigenvalue weighted by molar-refractivity contribution is -0.132. The van der Waals surface area contributed by atoms with E-state index in [-0.39, 0.29) is 10.7 Å². The van der Waals surface area contributed by atoms with Crippen molar-refractivity contribution in [2.75, 3.05) is 33.2 Å². The van der Waals surface area contributed by atoms with Crippen LogP contribution in [-0.4, -0.2) is 53.8 Å². The molecule has 0 spiro atoms. The van der Waals surface area contributed by atoms with Crippen molar-refractivity contribution < 1.29 is 4.79 Å². The van der Waals surface area contributed by atoms with Crippen LogP contribution in [0.4, 0.5) is 0 Å². The van der Waals surface area contributed by atoms with Crippen molar-refractivity contribution in [2.24, 2.45) is 0 Å². The van der Waals surface area contributed by atoms with Gasteiger partial charge in [-0.3, -0.25) is 4.79 Å². The molecule has 0 radical (unpaired) electrons. The van der Waals surface area contributed by atoms with Gasteiger partial charge in [0.2, 0.25) is 5.91 Å². The maximum Gasteiger partial charge on any atom is 0.236 e. The number of halogens is 1. The number of carbonyl (C=O) groups excluding carboxylic acids is 1. The third-order valence-electron chi connectivity index (χ3n) is 2.44. The van der Waals surface area contributed by atoms with E-state index in [1.807, 2.05) is 11.8 Å². The van der Waals surface area contributed by atoms with Crippen molar-refractivity contribution in [3.05, 3.63) is 0 Å². The van der Waals surface area contributed by atoms with Gasteiger partial charge in [0, 0.05) is 26.2 Å². The molecule has 4 heteroatoms. The second-order valence-electron chi connectivity index (χ2n) is 3.50. The van der Waals surface area contributed by atoms with Crippen molar-refractivity contribution in [2.45, 2.75) is 18.2 Å². The Balaban J connectivity index is 2.40. The van der Waals surface area contributed by atoms with Crippen molar-refractivity contribution in [3.8, 4) is 0 Å². The van der Waals surface area contributed by atoms with E-state index in [0.717, 1.165) is 32.6 Å². The predicted octanol–water partition coefficient (Wildman–Crippen LogP) is 0.934. The lowest BCUT2D eigenvalue weighted by Gasteiger charge is -2.33. The van der Waals surface area contributed by atoms with Crippen molar-refractivity contribution in [3.63, 3.8) is 0 Å². The van der Waals surface area contributed by atoms with Gasteiger partial charge in [-0.1, -0.05) is 22.9 Å². The molecule has 1 aliphatic heterocycles. The quantitative estimate of drug-likeness (QED) is 0.680. The van der Waals surface area contributed by atoms with E-state index >= 15 is 0 Å². The number of carbonyl (C=O) groups is 1. The summed E-state index contributed by atoms with van der Waals surface area (Å²) in [6.45, 7) is 5.76. The van der Waals surface area contributed by atoms with Gasteiger partial charge in [-0.25, -0.2) is 0 Å². The van der Waals surface area contributed by atoms with Crippen LogP contribution in [0.2, 0.25) is 0 Å². The number of rotatable bonds is 2. The number of amides is 1. The summed E-state index contributed by atoms with van der Waals surface area (Å²) in [4.78, 5) is 15.9. The Hall–Kier alpha value is -0.0900. The summed E-state index contributed by atoms with van der Waals surface area (Å²) in [5, 5.41) is 0. The number of hydrogen-bond donors (Lipinski definition) is 0. The Morgan fingerprint density at radius 1 is 1.38 bits per heavy atom. The number of piperazine rings is 1. The Morgan fingerprint density at radius 2 is 1.92 bits per heavy atom. The number of hydrogen-bond acceptors (Lipinski definition) is 2. The largest absolute Gasteiger partial charge is 0.339 e. The minimum Gasteiger partial charge on any atom is -0.339 e. The van der Waals surface area contributed by atoms with E-state index in [0.29, 0.717) is 0 Å². The normalized spacial score (nSPS) is 21.6. The van der Waals surface area contributed by atoms with Crippen LogP contribution in [0.25, 0.3) is 0 Å². The zero-order valence-corrected chi connectivity index (χ0v) is 9.88. The van der Waals surface area contributed by atoms with E-state index in [4.69, 9.17) is 0 Å². The molecule has 1 amide bonds. The molecule has 1 atom stereocenters. The average molecular weight is 249 g/mol. The SMILES string of the molecule is CC[C@@H](Br)C(=O)N1CCN(C)CC1. The lowest BCUT2D eigenvalue weighted by Crippen LogP contribution is -2.49. The molecule has 0 bridgehead atoms. The summed E-state index contributed by atoms with van der Waals surface area (Å²) in [6.07, 6.45) is 0.866. The molecule has 1 aliphatic rings. The van der Waals surface area contributed by atoms with Crippen LogP contribution in [0.1, 0.15) is 13.3 Å². The fraction of sp³-hybridized carbons (Fsp3) is 0.889. The number of alkyl halides is 1. The van der Waals surface area contributed by atoms with Gasteiger partial charge in [-0.2, -0.15) is 0 Å². The molecule has 1 rings (SSSR count). The number of likely N-dealkylation sites (N-methyl/N-ethyl adjacent to an activating group) is 1. The van der Waals surface area contributed by atoms with E-state index in [1.165, 1.54) is 0 Å². The molecular formula is C9H17BrN2O. The van der Waals surface area contributed by atoms with E-state index in [1.54, 1.807) is 0 Å². The summed E-state index contributed by atoms with van der Waals surface area (Å²) in [5.74, 6) is 0.246. The Labute approximate surface area is 88.2 Å². The third-order valence-corrected chi connectivity index (χ3v) is 3.48. The molecule has 1 saturated heterocycles. The maximum atomic E-state index is 11.7. The number of nitrogens with zero attached hydrogens (tertiary/aromatic N) is 2. The zero-order valence-electron chi connectivity index (χ0n) is 8.29. The van der Waals surface area contributed by atoms with Crippen LogP contribution >= 0.6 is 15.9 Å². The molecule has 1 heterocycles. The van der Waals surface area contributed by atoms with Crippen molar-refractivity contribution >= 4 is 21.8 Å². The van der Waals surface area contributed by atoms with Crippen LogP contribution in [0.5, 0.6) is 0 Å². The summed E-state index contributed by atoms with van der Waals surface area (Å²) < 4.78 is 0. The standard InChI is InChI=1S/C9H17BrN2O/c1-3-8(10)9(13)12-6-4-11(2)5-7-12/h8H,3-7H2,1-2H3/t8-/m1/s1. The maximum absolute atomic E-state index is 11.7. The summed E-state index contributed by atoms with van der Waals surface area (Å²) in [5.41, 5.74) is 0. The monoisotopic (exact) mass is 248 g/mol. The first kappa shape index (κ1) is 11.0.